The van der Waals surface area contributed by atoms with Gasteiger partial charge in [-0.1, -0.05) is 13.8 Å². The van der Waals surface area contributed by atoms with Crippen molar-refractivity contribution in [2.75, 3.05) is 12.3 Å². The highest BCUT2D eigenvalue weighted by atomic mass is 32.3. The van der Waals surface area contributed by atoms with Gasteiger partial charge in [-0.2, -0.15) is 8.42 Å². The van der Waals surface area contributed by atoms with Gasteiger partial charge in [0, 0.05) is 6.54 Å². The Balaban J connectivity index is 4.33. The summed E-state index contributed by atoms with van der Waals surface area (Å²) in [6.45, 7) is 8.77. The minimum atomic E-state index is -4.54. The summed E-state index contributed by atoms with van der Waals surface area (Å²) in [7, 11) is -4.54. The van der Waals surface area contributed by atoms with Crippen LogP contribution in [0.5, 0.6) is 0 Å². The highest BCUT2D eigenvalue weighted by molar-refractivity contribution is 7.86. The third-order valence-electron chi connectivity index (χ3n) is 2.26. The van der Waals surface area contributed by atoms with Crippen molar-refractivity contribution < 1.29 is 21.8 Å². The van der Waals surface area contributed by atoms with Crippen molar-refractivity contribution in [3.05, 3.63) is 0 Å². The zero-order valence-electron chi connectivity index (χ0n) is 11.5. The van der Waals surface area contributed by atoms with Crippen LogP contribution in [0.2, 0.25) is 0 Å². The van der Waals surface area contributed by atoms with Gasteiger partial charge in [0.1, 0.15) is 5.60 Å². The number of nitrogens with one attached hydrogen (secondary N) is 1. The Hall–Kier alpha value is -0.850. The molecule has 0 saturated heterocycles. The number of halogens is 1. The lowest BCUT2D eigenvalue weighted by atomic mass is 9.98. The third-order valence-corrected chi connectivity index (χ3v) is 3.09. The van der Waals surface area contributed by atoms with Gasteiger partial charge in [-0.15, -0.1) is 3.89 Å². The molecule has 5 nitrogen and oxygen atoms in total. The van der Waals surface area contributed by atoms with Crippen molar-refractivity contribution in [3.63, 3.8) is 0 Å². The lowest BCUT2D eigenvalue weighted by Gasteiger charge is -2.23. The van der Waals surface area contributed by atoms with Gasteiger partial charge in [0.05, 0.1) is 5.75 Å². The molecule has 0 spiro atoms. The van der Waals surface area contributed by atoms with E-state index in [-0.39, 0.29) is 12.5 Å². The summed E-state index contributed by atoms with van der Waals surface area (Å²) in [6, 6.07) is 0. The second-order valence-electron chi connectivity index (χ2n) is 5.59. The van der Waals surface area contributed by atoms with Crippen molar-refractivity contribution in [1.29, 1.82) is 0 Å². The molecule has 0 aliphatic heterocycles. The first-order valence-electron chi connectivity index (χ1n) is 5.80. The van der Waals surface area contributed by atoms with Crippen LogP contribution in [0.1, 0.15) is 34.6 Å². The number of ether oxygens (including phenoxy) is 1. The first kappa shape index (κ1) is 17.2. The molecule has 0 saturated carbocycles. The van der Waals surface area contributed by atoms with Crippen LogP contribution in [0.15, 0.2) is 0 Å². The van der Waals surface area contributed by atoms with Gasteiger partial charge in [0.2, 0.25) is 0 Å². The van der Waals surface area contributed by atoms with Crippen molar-refractivity contribution >= 4 is 16.3 Å². The standard InChI is InChI=1S/C11H22FNO4S/c1-8(2)9(7-18(12,15)16)6-13-10(14)17-11(3,4)5/h8-9H,6-7H2,1-5H3,(H,13,14). The third kappa shape index (κ3) is 9.21. The van der Waals surface area contributed by atoms with E-state index in [2.05, 4.69) is 5.32 Å². The maximum absolute atomic E-state index is 12.6. The molecular formula is C11H22FNO4S. The number of rotatable bonds is 5. The molecule has 0 radical (unpaired) electrons. The predicted octanol–water partition coefficient (Wildman–Crippen LogP) is 2.08. The lowest BCUT2D eigenvalue weighted by molar-refractivity contribution is 0.0517. The molecule has 1 unspecified atom stereocenters. The van der Waals surface area contributed by atoms with E-state index in [0.717, 1.165) is 0 Å². The Morgan fingerprint density at radius 1 is 1.33 bits per heavy atom. The summed E-state index contributed by atoms with van der Waals surface area (Å²) in [5, 5.41) is 2.45. The zero-order valence-corrected chi connectivity index (χ0v) is 12.3. The van der Waals surface area contributed by atoms with Crippen LogP contribution in [0.3, 0.4) is 0 Å². The van der Waals surface area contributed by atoms with Crippen molar-refractivity contribution in [2.45, 2.75) is 40.2 Å². The first-order chi connectivity index (χ1) is 7.91. The number of carbonyl (C=O) groups excluding carboxylic acids is 1. The molecule has 7 heteroatoms. The second-order valence-corrected chi connectivity index (χ2v) is 7.00. The van der Waals surface area contributed by atoms with Crippen LogP contribution >= 0.6 is 0 Å². The summed E-state index contributed by atoms with van der Waals surface area (Å²) in [6.07, 6.45) is -0.635. The molecule has 18 heavy (non-hydrogen) atoms. The number of alkyl carbamates (subject to hydrolysis) is 1. The van der Waals surface area contributed by atoms with E-state index in [4.69, 9.17) is 4.74 Å². The largest absolute Gasteiger partial charge is 0.444 e. The van der Waals surface area contributed by atoms with Gasteiger partial charge in [0.15, 0.2) is 0 Å². The van der Waals surface area contributed by atoms with Crippen molar-refractivity contribution in [2.24, 2.45) is 11.8 Å². The van der Waals surface area contributed by atoms with Gasteiger partial charge in [0.25, 0.3) is 0 Å². The van der Waals surface area contributed by atoms with Crippen LogP contribution < -0.4 is 5.32 Å². The molecule has 0 aromatic rings. The van der Waals surface area contributed by atoms with Crippen LogP contribution in [-0.2, 0) is 15.0 Å². The van der Waals surface area contributed by atoms with Crippen molar-refractivity contribution in [3.8, 4) is 0 Å². The minimum Gasteiger partial charge on any atom is -0.444 e. The minimum absolute atomic E-state index is 0.0644. The van der Waals surface area contributed by atoms with Gasteiger partial charge >= 0.3 is 16.3 Å². The molecule has 0 heterocycles. The summed E-state index contributed by atoms with van der Waals surface area (Å²) < 4.78 is 38.8. The Morgan fingerprint density at radius 3 is 2.17 bits per heavy atom. The van der Waals surface area contributed by atoms with Crippen LogP contribution in [0.25, 0.3) is 0 Å². The van der Waals surface area contributed by atoms with Gasteiger partial charge in [-0.25, -0.2) is 4.79 Å². The average molecular weight is 283 g/mol. The fraction of sp³-hybridized carbons (Fsp3) is 0.909. The van der Waals surface area contributed by atoms with Gasteiger partial charge in [-0.3, -0.25) is 0 Å². The van der Waals surface area contributed by atoms with Crippen molar-refractivity contribution in [1.82, 2.24) is 5.32 Å². The molecule has 0 aromatic carbocycles. The van der Waals surface area contributed by atoms with E-state index in [1.54, 1.807) is 34.6 Å². The predicted molar refractivity (Wildman–Crippen MR) is 67.5 cm³/mol. The maximum Gasteiger partial charge on any atom is 0.407 e. The number of carbonyl (C=O) groups is 1. The van der Waals surface area contributed by atoms with E-state index >= 15 is 0 Å². The van der Waals surface area contributed by atoms with E-state index in [1.165, 1.54) is 0 Å². The van der Waals surface area contributed by atoms with E-state index in [0.29, 0.717) is 0 Å². The number of hydrogen-bond acceptors (Lipinski definition) is 4. The normalized spacial score (nSPS) is 14.4. The Labute approximate surface area is 108 Å². The molecule has 0 rings (SSSR count). The van der Waals surface area contributed by atoms with E-state index in [9.17, 15) is 17.1 Å². The Morgan fingerprint density at radius 2 is 1.83 bits per heavy atom. The average Bonchev–Trinajstić information content (AvgIpc) is 2.06. The lowest BCUT2D eigenvalue weighted by Crippen LogP contribution is -2.38. The van der Waals surface area contributed by atoms with Crippen LogP contribution in [0, 0.1) is 11.8 Å². The summed E-state index contributed by atoms with van der Waals surface area (Å²) in [5.74, 6) is -1.14. The Bertz CT molecular complexity index is 373. The summed E-state index contributed by atoms with van der Waals surface area (Å²) in [5.41, 5.74) is -0.621. The summed E-state index contributed by atoms with van der Waals surface area (Å²) in [4.78, 5) is 11.4. The van der Waals surface area contributed by atoms with E-state index in [1.807, 2.05) is 0 Å². The second kappa shape index (κ2) is 6.36. The molecule has 1 atom stereocenters. The summed E-state index contributed by atoms with van der Waals surface area (Å²) >= 11 is 0. The zero-order chi connectivity index (χ0) is 14.6. The number of hydrogen-bond donors (Lipinski definition) is 1. The van der Waals surface area contributed by atoms with Crippen LogP contribution in [-0.4, -0.2) is 32.4 Å². The number of amides is 1. The molecule has 0 aromatic heterocycles. The Kier molecular flexibility index (Phi) is 6.06. The smallest absolute Gasteiger partial charge is 0.407 e. The molecular weight excluding hydrogens is 261 g/mol. The van der Waals surface area contributed by atoms with Crippen LogP contribution in [0.4, 0.5) is 8.68 Å². The molecule has 1 amide bonds. The topological polar surface area (TPSA) is 72.5 Å². The SMILES string of the molecule is CC(C)C(CNC(=O)OC(C)(C)C)CS(=O)(=O)F. The quantitative estimate of drug-likeness (QED) is 0.784. The fourth-order valence-corrected chi connectivity index (χ4v) is 2.29. The monoisotopic (exact) mass is 283 g/mol. The molecule has 0 bridgehead atoms. The fourth-order valence-electron chi connectivity index (χ4n) is 1.27. The molecule has 0 aliphatic rings. The first-order valence-corrected chi connectivity index (χ1v) is 7.35. The van der Waals surface area contributed by atoms with E-state index < -0.39 is 33.6 Å². The highest BCUT2D eigenvalue weighted by Gasteiger charge is 2.23. The molecule has 108 valence electrons. The molecule has 0 aliphatic carbocycles. The maximum atomic E-state index is 12.6. The van der Waals surface area contributed by atoms with Gasteiger partial charge in [-0.05, 0) is 32.6 Å². The molecule has 1 N–H and O–H groups in total. The van der Waals surface area contributed by atoms with Gasteiger partial charge < -0.3 is 10.1 Å². The highest BCUT2D eigenvalue weighted by Crippen LogP contribution is 2.14. The molecule has 0 fully saturated rings.